The molecule has 1 amide bonds. The first-order valence-corrected chi connectivity index (χ1v) is 8.02. The molecule has 6 nitrogen and oxygen atoms in total. The molecule has 1 aromatic heterocycles. The molecule has 0 unspecified atom stereocenters. The fourth-order valence-electron chi connectivity index (χ4n) is 2.35. The number of rotatable bonds is 7. The number of hydrogen-bond donors (Lipinski definition) is 1. The zero-order valence-electron chi connectivity index (χ0n) is 13.9. The molecule has 0 radical (unpaired) electrons. The molecule has 2 aromatic carbocycles. The number of carbonyl (C=O) groups excluding carboxylic acids is 1. The van der Waals surface area contributed by atoms with Crippen molar-refractivity contribution in [2.24, 2.45) is 0 Å². The van der Waals surface area contributed by atoms with Crippen molar-refractivity contribution in [3.05, 3.63) is 66.0 Å². The van der Waals surface area contributed by atoms with Crippen LogP contribution in [0.2, 0.25) is 0 Å². The molecule has 0 aliphatic carbocycles. The van der Waals surface area contributed by atoms with E-state index in [2.05, 4.69) is 15.5 Å². The first-order valence-electron chi connectivity index (χ1n) is 8.02. The standard InChI is InChI=1S/C19H19N3O3/c1-24-16-10-8-15(9-11-16)19-21-17(22-25-19)13-20-18(23)12-7-14-5-3-2-4-6-14/h2-6,8-11H,7,12-13H2,1H3,(H,20,23). The van der Waals surface area contributed by atoms with E-state index >= 15 is 0 Å². The van der Waals surface area contributed by atoms with Gasteiger partial charge in [0.1, 0.15) is 5.75 Å². The molecule has 0 spiro atoms. The van der Waals surface area contributed by atoms with Crippen molar-refractivity contribution >= 4 is 5.91 Å². The van der Waals surface area contributed by atoms with E-state index in [1.54, 1.807) is 7.11 Å². The third-order valence-electron chi connectivity index (χ3n) is 3.73. The minimum atomic E-state index is -0.0420. The summed E-state index contributed by atoms with van der Waals surface area (Å²) in [7, 11) is 1.61. The summed E-state index contributed by atoms with van der Waals surface area (Å²) in [6, 6.07) is 17.2. The molecule has 25 heavy (non-hydrogen) atoms. The van der Waals surface area contributed by atoms with Crippen LogP contribution in [0.15, 0.2) is 59.1 Å². The van der Waals surface area contributed by atoms with Gasteiger partial charge in [-0.25, -0.2) is 0 Å². The molecule has 0 fully saturated rings. The average Bonchev–Trinajstić information content (AvgIpc) is 3.14. The lowest BCUT2D eigenvalue weighted by Crippen LogP contribution is -2.23. The number of methoxy groups -OCH3 is 1. The van der Waals surface area contributed by atoms with Crippen molar-refractivity contribution in [3.8, 4) is 17.2 Å². The zero-order valence-corrected chi connectivity index (χ0v) is 13.9. The third-order valence-corrected chi connectivity index (χ3v) is 3.73. The van der Waals surface area contributed by atoms with E-state index in [0.29, 0.717) is 24.6 Å². The summed E-state index contributed by atoms with van der Waals surface area (Å²) in [6.45, 7) is 0.243. The minimum Gasteiger partial charge on any atom is -0.497 e. The summed E-state index contributed by atoms with van der Waals surface area (Å²) in [5.41, 5.74) is 1.94. The number of carbonyl (C=O) groups is 1. The number of hydrogen-bond acceptors (Lipinski definition) is 5. The number of aryl methyl sites for hydroxylation is 1. The van der Waals surface area contributed by atoms with Crippen LogP contribution in [-0.4, -0.2) is 23.2 Å². The lowest BCUT2D eigenvalue weighted by molar-refractivity contribution is -0.121. The molecular weight excluding hydrogens is 318 g/mol. The number of aromatic nitrogens is 2. The van der Waals surface area contributed by atoms with Crippen LogP contribution in [0.25, 0.3) is 11.5 Å². The topological polar surface area (TPSA) is 77.2 Å². The van der Waals surface area contributed by atoms with Gasteiger partial charge in [0, 0.05) is 12.0 Å². The molecule has 0 aliphatic rings. The number of amides is 1. The maximum absolute atomic E-state index is 11.9. The maximum Gasteiger partial charge on any atom is 0.257 e. The van der Waals surface area contributed by atoms with Crippen LogP contribution in [0.3, 0.4) is 0 Å². The van der Waals surface area contributed by atoms with Crippen LogP contribution in [0.1, 0.15) is 17.8 Å². The van der Waals surface area contributed by atoms with Gasteiger partial charge in [0.05, 0.1) is 13.7 Å². The Hall–Kier alpha value is -3.15. The highest BCUT2D eigenvalue weighted by Crippen LogP contribution is 2.20. The predicted octanol–water partition coefficient (Wildman–Crippen LogP) is 2.99. The van der Waals surface area contributed by atoms with Crippen LogP contribution >= 0.6 is 0 Å². The number of ether oxygens (including phenoxy) is 1. The van der Waals surface area contributed by atoms with E-state index in [0.717, 1.165) is 16.9 Å². The first kappa shape index (κ1) is 16.7. The molecule has 0 saturated heterocycles. The molecule has 0 saturated carbocycles. The van der Waals surface area contributed by atoms with E-state index in [1.165, 1.54) is 0 Å². The van der Waals surface area contributed by atoms with Gasteiger partial charge in [0.15, 0.2) is 5.82 Å². The Morgan fingerprint density at radius 2 is 1.88 bits per heavy atom. The van der Waals surface area contributed by atoms with E-state index in [9.17, 15) is 4.79 Å². The largest absolute Gasteiger partial charge is 0.497 e. The van der Waals surface area contributed by atoms with Crippen molar-refractivity contribution in [1.82, 2.24) is 15.5 Å². The van der Waals surface area contributed by atoms with Gasteiger partial charge in [-0.2, -0.15) is 4.98 Å². The molecule has 0 aliphatic heterocycles. The fraction of sp³-hybridized carbons (Fsp3) is 0.211. The van der Waals surface area contributed by atoms with E-state index < -0.39 is 0 Å². The predicted molar refractivity (Wildman–Crippen MR) is 92.9 cm³/mol. The summed E-state index contributed by atoms with van der Waals surface area (Å²) < 4.78 is 10.3. The van der Waals surface area contributed by atoms with Crippen LogP contribution < -0.4 is 10.1 Å². The van der Waals surface area contributed by atoms with Gasteiger partial charge in [-0.15, -0.1) is 0 Å². The second kappa shape index (κ2) is 8.10. The smallest absolute Gasteiger partial charge is 0.257 e. The second-order valence-corrected chi connectivity index (χ2v) is 5.51. The van der Waals surface area contributed by atoms with Crippen LogP contribution in [-0.2, 0) is 17.8 Å². The van der Waals surface area contributed by atoms with Crippen molar-refractivity contribution in [2.75, 3.05) is 7.11 Å². The lowest BCUT2D eigenvalue weighted by atomic mass is 10.1. The fourth-order valence-corrected chi connectivity index (χ4v) is 2.35. The Labute approximate surface area is 145 Å². The van der Waals surface area contributed by atoms with Crippen LogP contribution in [0.5, 0.6) is 5.75 Å². The summed E-state index contributed by atoms with van der Waals surface area (Å²) in [5.74, 6) is 1.57. The SMILES string of the molecule is COc1ccc(-c2nc(CNC(=O)CCc3ccccc3)no2)cc1. The molecule has 0 atom stereocenters. The Balaban J connectivity index is 1.50. The van der Waals surface area contributed by atoms with Crippen molar-refractivity contribution in [3.63, 3.8) is 0 Å². The Morgan fingerprint density at radius 1 is 1.12 bits per heavy atom. The van der Waals surface area contributed by atoms with Gasteiger partial charge in [-0.05, 0) is 36.2 Å². The second-order valence-electron chi connectivity index (χ2n) is 5.51. The Bertz CT molecular complexity index is 813. The molecule has 128 valence electrons. The summed E-state index contributed by atoms with van der Waals surface area (Å²) in [5, 5.41) is 6.70. The number of benzene rings is 2. The number of nitrogens with zero attached hydrogens (tertiary/aromatic N) is 2. The minimum absolute atomic E-state index is 0.0420. The number of nitrogens with one attached hydrogen (secondary N) is 1. The van der Waals surface area contributed by atoms with Gasteiger partial charge in [-0.1, -0.05) is 35.5 Å². The van der Waals surface area contributed by atoms with E-state index in [4.69, 9.17) is 9.26 Å². The van der Waals surface area contributed by atoms with E-state index in [1.807, 2.05) is 54.6 Å². The summed E-state index contributed by atoms with van der Waals surface area (Å²) >= 11 is 0. The van der Waals surface area contributed by atoms with Crippen molar-refractivity contribution < 1.29 is 14.1 Å². The quantitative estimate of drug-likeness (QED) is 0.717. The van der Waals surface area contributed by atoms with Gasteiger partial charge in [0.25, 0.3) is 5.89 Å². The highest BCUT2D eigenvalue weighted by Gasteiger charge is 2.10. The average molecular weight is 337 g/mol. The molecule has 6 heteroatoms. The highest BCUT2D eigenvalue weighted by molar-refractivity contribution is 5.76. The van der Waals surface area contributed by atoms with Gasteiger partial charge in [-0.3, -0.25) is 4.79 Å². The molecule has 1 N–H and O–H groups in total. The van der Waals surface area contributed by atoms with Crippen molar-refractivity contribution in [2.45, 2.75) is 19.4 Å². The van der Waals surface area contributed by atoms with Crippen LogP contribution in [0, 0.1) is 0 Å². The van der Waals surface area contributed by atoms with Gasteiger partial charge < -0.3 is 14.6 Å². The van der Waals surface area contributed by atoms with E-state index in [-0.39, 0.29) is 12.5 Å². The molecule has 3 aromatic rings. The maximum atomic E-state index is 11.9. The third kappa shape index (κ3) is 4.67. The molecule has 3 rings (SSSR count). The first-order chi connectivity index (χ1) is 12.2. The lowest BCUT2D eigenvalue weighted by Gasteiger charge is -2.02. The molecular formula is C19H19N3O3. The molecule has 0 bridgehead atoms. The van der Waals surface area contributed by atoms with Gasteiger partial charge >= 0.3 is 0 Å². The van der Waals surface area contributed by atoms with Crippen molar-refractivity contribution in [1.29, 1.82) is 0 Å². The summed E-state index contributed by atoms with van der Waals surface area (Å²) in [4.78, 5) is 16.2. The zero-order chi connectivity index (χ0) is 17.5. The highest BCUT2D eigenvalue weighted by atomic mass is 16.5. The normalized spacial score (nSPS) is 10.4. The Kier molecular flexibility index (Phi) is 5.41. The monoisotopic (exact) mass is 337 g/mol. The Morgan fingerprint density at radius 3 is 2.60 bits per heavy atom. The van der Waals surface area contributed by atoms with Gasteiger partial charge in [0.2, 0.25) is 5.91 Å². The summed E-state index contributed by atoms with van der Waals surface area (Å²) in [6.07, 6.45) is 1.13. The molecule has 1 heterocycles. The van der Waals surface area contributed by atoms with Crippen LogP contribution in [0.4, 0.5) is 0 Å².